The number of methoxy groups -OCH3 is 1. The molecule has 22 heavy (non-hydrogen) atoms. The maximum Gasteiger partial charge on any atom is 0.0490 e. The minimum Gasteiger partial charge on any atom is -0.384 e. The van der Waals surface area contributed by atoms with Gasteiger partial charge in [0.15, 0.2) is 0 Å². The van der Waals surface area contributed by atoms with Gasteiger partial charge >= 0.3 is 0 Å². The summed E-state index contributed by atoms with van der Waals surface area (Å²) in [4.78, 5) is 0. The maximum atomic E-state index is 5.34. The van der Waals surface area contributed by atoms with Gasteiger partial charge in [-0.2, -0.15) is 0 Å². The molecule has 1 fully saturated rings. The molecule has 1 heteroatoms. The van der Waals surface area contributed by atoms with Gasteiger partial charge in [0.2, 0.25) is 0 Å². The van der Waals surface area contributed by atoms with E-state index in [1.165, 1.54) is 44.9 Å². The standard InChI is InChI=1S/C21H30O/c1-16-7-11-18(12-8-16)20-5-3-4-6-21(20)19-13-9-17(10-14-19)15-22-2/h3-6,11,16-17,19H,7-10,12-15H2,1-2H3/t16?,17-,19-. The second-order valence-corrected chi connectivity index (χ2v) is 7.37. The van der Waals surface area contributed by atoms with Crippen LogP contribution in [0.25, 0.3) is 5.57 Å². The molecule has 3 rings (SSSR count). The normalized spacial score (nSPS) is 29.2. The summed E-state index contributed by atoms with van der Waals surface area (Å²) in [7, 11) is 1.83. The summed E-state index contributed by atoms with van der Waals surface area (Å²) in [6, 6.07) is 9.19. The van der Waals surface area contributed by atoms with Gasteiger partial charge in [0.25, 0.3) is 0 Å². The van der Waals surface area contributed by atoms with Crippen LogP contribution >= 0.6 is 0 Å². The third-order valence-corrected chi connectivity index (χ3v) is 5.67. The topological polar surface area (TPSA) is 9.23 Å². The predicted molar refractivity (Wildman–Crippen MR) is 94.0 cm³/mol. The quantitative estimate of drug-likeness (QED) is 0.681. The van der Waals surface area contributed by atoms with Crippen LogP contribution in [0.4, 0.5) is 0 Å². The van der Waals surface area contributed by atoms with E-state index in [1.54, 1.807) is 16.7 Å². The summed E-state index contributed by atoms with van der Waals surface area (Å²) in [6.45, 7) is 3.31. The first-order valence-corrected chi connectivity index (χ1v) is 9.05. The molecule has 120 valence electrons. The third kappa shape index (κ3) is 3.63. The Hall–Kier alpha value is -1.08. The summed E-state index contributed by atoms with van der Waals surface area (Å²) in [5.41, 5.74) is 4.76. The van der Waals surface area contributed by atoms with E-state index in [1.807, 2.05) is 7.11 Å². The Morgan fingerprint density at radius 1 is 1.05 bits per heavy atom. The highest BCUT2D eigenvalue weighted by Crippen LogP contribution is 2.40. The van der Waals surface area contributed by atoms with Crippen molar-refractivity contribution in [3.05, 3.63) is 41.5 Å². The van der Waals surface area contributed by atoms with Crippen molar-refractivity contribution >= 4 is 5.57 Å². The molecule has 1 nitrogen and oxygen atoms in total. The van der Waals surface area contributed by atoms with Gasteiger partial charge in [0.1, 0.15) is 0 Å². The molecule has 1 aromatic carbocycles. The summed E-state index contributed by atoms with van der Waals surface area (Å²) < 4.78 is 5.34. The van der Waals surface area contributed by atoms with Gasteiger partial charge in [0.05, 0.1) is 0 Å². The molecule has 0 heterocycles. The van der Waals surface area contributed by atoms with Gasteiger partial charge in [0, 0.05) is 13.7 Å². The Labute approximate surface area is 135 Å². The number of ether oxygens (including phenoxy) is 1. The monoisotopic (exact) mass is 298 g/mol. The smallest absolute Gasteiger partial charge is 0.0490 e. The van der Waals surface area contributed by atoms with Crippen molar-refractivity contribution in [3.8, 4) is 0 Å². The number of rotatable bonds is 4. The fraction of sp³-hybridized carbons (Fsp3) is 0.619. The van der Waals surface area contributed by atoms with Crippen LogP contribution in [-0.2, 0) is 4.74 Å². The van der Waals surface area contributed by atoms with E-state index in [2.05, 4.69) is 37.3 Å². The van der Waals surface area contributed by atoms with Crippen molar-refractivity contribution in [1.29, 1.82) is 0 Å². The maximum absolute atomic E-state index is 5.34. The second kappa shape index (κ2) is 7.46. The zero-order valence-electron chi connectivity index (χ0n) is 14.2. The van der Waals surface area contributed by atoms with Crippen LogP contribution in [-0.4, -0.2) is 13.7 Å². The number of benzene rings is 1. The Morgan fingerprint density at radius 2 is 1.82 bits per heavy atom. The van der Waals surface area contributed by atoms with Crippen LogP contribution in [0.1, 0.15) is 68.9 Å². The van der Waals surface area contributed by atoms with E-state index < -0.39 is 0 Å². The van der Waals surface area contributed by atoms with Gasteiger partial charge < -0.3 is 4.74 Å². The lowest BCUT2D eigenvalue weighted by Crippen LogP contribution is -2.18. The second-order valence-electron chi connectivity index (χ2n) is 7.37. The van der Waals surface area contributed by atoms with Crippen LogP contribution in [0.2, 0.25) is 0 Å². The first-order chi connectivity index (χ1) is 10.8. The van der Waals surface area contributed by atoms with Gasteiger partial charge in [-0.05, 0) is 79.4 Å². The molecule has 0 amide bonds. The highest BCUT2D eigenvalue weighted by molar-refractivity contribution is 5.69. The predicted octanol–water partition coefficient (Wildman–Crippen LogP) is 5.81. The van der Waals surface area contributed by atoms with Crippen molar-refractivity contribution in [1.82, 2.24) is 0 Å². The molecular formula is C21H30O. The molecule has 1 atom stereocenters. The lowest BCUT2D eigenvalue weighted by molar-refractivity contribution is 0.127. The van der Waals surface area contributed by atoms with Crippen LogP contribution in [0.15, 0.2) is 30.3 Å². The number of hydrogen-bond donors (Lipinski definition) is 0. The number of hydrogen-bond acceptors (Lipinski definition) is 1. The molecule has 0 aromatic heterocycles. The van der Waals surface area contributed by atoms with E-state index in [0.717, 1.165) is 24.4 Å². The molecule has 0 spiro atoms. The van der Waals surface area contributed by atoms with Crippen LogP contribution < -0.4 is 0 Å². The zero-order chi connectivity index (χ0) is 15.4. The summed E-state index contributed by atoms with van der Waals surface area (Å²) in [5, 5.41) is 0. The average Bonchev–Trinajstić information content (AvgIpc) is 2.57. The highest BCUT2D eigenvalue weighted by Gasteiger charge is 2.25. The Bertz CT molecular complexity index is 508. The molecule has 0 aliphatic heterocycles. The van der Waals surface area contributed by atoms with Crippen molar-refractivity contribution in [2.75, 3.05) is 13.7 Å². The van der Waals surface area contributed by atoms with Crippen molar-refractivity contribution in [3.63, 3.8) is 0 Å². The minimum atomic E-state index is 0.754. The van der Waals surface area contributed by atoms with E-state index >= 15 is 0 Å². The molecule has 0 bridgehead atoms. The van der Waals surface area contributed by atoms with E-state index in [0.29, 0.717) is 0 Å². The highest BCUT2D eigenvalue weighted by atomic mass is 16.5. The largest absolute Gasteiger partial charge is 0.384 e. The van der Waals surface area contributed by atoms with Crippen molar-refractivity contribution in [2.45, 2.75) is 57.8 Å². The van der Waals surface area contributed by atoms with E-state index in [-0.39, 0.29) is 0 Å². The average molecular weight is 298 g/mol. The number of allylic oxidation sites excluding steroid dienone is 2. The minimum absolute atomic E-state index is 0.754. The summed E-state index contributed by atoms with van der Waals surface area (Å²) in [5.74, 6) is 2.40. The molecule has 1 unspecified atom stereocenters. The molecule has 0 N–H and O–H groups in total. The molecule has 0 saturated heterocycles. The van der Waals surface area contributed by atoms with Crippen molar-refractivity contribution < 1.29 is 4.74 Å². The molecule has 2 aliphatic rings. The molecule has 2 aliphatic carbocycles. The Morgan fingerprint density at radius 3 is 2.50 bits per heavy atom. The fourth-order valence-electron chi connectivity index (χ4n) is 4.23. The van der Waals surface area contributed by atoms with Crippen LogP contribution in [0, 0.1) is 11.8 Å². The SMILES string of the molecule is COC[C@H]1CC[C@H](c2ccccc2C2=CCC(C)CC2)CC1. The summed E-state index contributed by atoms with van der Waals surface area (Å²) in [6.07, 6.45) is 11.7. The van der Waals surface area contributed by atoms with E-state index in [4.69, 9.17) is 4.74 Å². The zero-order valence-corrected chi connectivity index (χ0v) is 14.2. The fourth-order valence-corrected chi connectivity index (χ4v) is 4.23. The van der Waals surface area contributed by atoms with Gasteiger partial charge in [-0.1, -0.05) is 37.3 Å². The summed E-state index contributed by atoms with van der Waals surface area (Å²) >= 11 is 0. The Kier molecular flexibility index (Phi) is 5.36. The first-order valence-electron chi connectivity index (χ1n) is 9.05. The molecule has 0 radical (unpaired) electrons. The third-order valence-electron chi connectivity index (χ3n) is 5.67. The van der Waals surface area contributed by atoms with Gasteiger partial charge in [-0.25, -0.2) is 0 Å². The lowest BCUT2D eigenvalue weighted by Gasteiger charge is -2.30. The van der Waals surface area contributed by atoms with E-state index in [9.17, 15) is 0 Å². The Balaban J connectivity index is 1.75. The van der Waals surface area contributed by atoms with Crippen LogP contribution in [0.5, 0.6) is 0 Å². The van der Waals surface area contributed by atoms with Crippen molar-refractivity contribution in [2.24, 2.45) is 11.8 Å². The molecule has 1 saturated carbocycles. The lowest BCUT2D eigenvalue weighted by atomic mass is 9.76. The van der Waals surface area contributed by atoms with Gasteiger partial charge in [-0.15, -0.1) is 0 Å². The van der Waals surface area contributed by atoms with Gasteiger partial charge in [-0.3, -0.25) is 0 Å². The molecule has 1 aromatic rings. The van der Waals surface area contributed by atoms with Crippen LogP contribution in [0.3, 0.4) is 0 Å². The molecular weight excluding hydrogens is 268 g/mol. The first kappa shape index (κ1) is 15.8.